The molecule has 2 rings (SSSR count). The van der Waals surface area contributed by atoms with Crippen molar-refractivity contribution in [3.05, 3.63) is 29.3 Å². The van der Waals surface area contributed by atoms with Gasteiger partial charge in [-0.3, -0.25) is 4.90 Å². The van der Waals surface area contributed by atoms with Crippen LogP contribution in [0.5, 0.6) is 5.75 Å². The molecule has 1 aliphatic heterocycles. The molecule has 1 aromatic carbocycles. The van der Waals surface area contributed by atoms with E-state index in [2.05, 4.69) is 18.9 Å². The van der Waals surface area contributed by atoms with Crippen LogP contribution in [0.1, 0.15) is 24.5 Å². The number of hydrogen-bond acceptors (Lipinski definition) is 4. The number of likely N-dealkylation sites (N-methyl/N-ethyl adjacent to an activating group) is 1. The summed E-state index contributed by atoms with van der Waals surface area (Å²) in [5, 5.41) is 0. The van der Waals surface area contributed by atoms with E-state index in [-0.39, 0.29) is 6.10 Å². The fourth-order valence-electron chi connectivity index (χ4n) is 2.74. The minimum atomic E-state index is 0.268. The van der Waals surface area contributed by atoms with Crippen molar-refractivity contribution in [1.29, 1.82) is 0 Å². The van der Waals surface area contributed by atoms with Crippen molar-refractivity contribution in [2.75, 3.05) is 20.8 Å². The molecule has 1 fully saturated rings. The maximum absolute atomic E-state index is 5.71. The number of nitrogens with zero attached hydrogens (tertiary/aromatic N) is 1. The molecule has 2 atom stereocenters. The van der Waals surface area contributed by atoms with Gasteiger partial charge in [-0.05, 0) is 38.6 Å². The van der Waals surface area contributed by atoms with Crippen LogP contribution in [0.4, 0.5) is 0 Å². The number of benzene rings is 1. The molecule has 110 valence electrons. The predicted octanol–water partition coefficient (Wildman–Crippen LogP) is 1.94. The smallest absolute Gasteiger partial charge is 0.123 e. The first-order valence-corrected chi connectivity index (χ1v) is 7.22. The largest absolute Gasteiger partial charge is 0.496 e. The highest BCUT2D eigenvalue weighted by molar-refractivity contribution is 7.80. The van der Waals surface area contributed by atoms with Gasteiger partial charge in [0.05, 0.1) is 13.2 Å². The van der Waals surface area contributed by atoms with Crippen LogP contribution < -0.4 is 10.5 Å². The lowest BCUT2D eigenvalue weighted by atomic mass is 10.1. The first kappa shape index (κ1) is 15.2. The second-order valence-electron chi connectivity index (χ2n) is 5.24. The minimum Gasteiger partial charge on any atom is -0.496 e. The first-order chi connectivity index (χ1) is 9.52. The zero-order valence-electron chi connectivity index (χ0n) is 12.3. The normalized spacial score (nSPS) is 22.2. The summed E-state index contributed by atoms with van der Waals surface area (Å²) in [4.78, 5) is 2.72. The van der Waals surface area contributed by atoms with Crippen molar-refractivity contribution in [2.24, 2.45) is 5.73 Å². The third-order valence-corrected chi connectivity index (χ3v) is 4.12. The maximum Gasteiger partial charge on any atom is 0.123 e. The molecule has 0 aromatic heterocycles. The lowest BCUT2D eigenvalue weighted by Crippen LogP contribution is -2.36. The Morgan fingerprint density at radius 1 is 1.55 bits per heavy atom. The fraction of sp³-hybridized carbons (Fsp3) is 0.533. The number of hydrogen-bond donors (Lipinski definition) is 1. The summed E-state index contributed by atoms with van der Waals surface area (Å²) >= 11 is 5.04. The Labute approximate surface area is 125 Å². The van der Waals surface area contributed by atoms with Crippen LogP contribution in [0.2, 0.25) is 0 Å². The van der Waals surface area contributed by atoms with E-state index < -0.39 is 0 Å². The molecule has 1 aromatic rings. The zero-order chi connectivity index (χ0) is 14.7. The van der Waals surface area contributed by atoms with Gasteiger partial charge in [0.2, 0.25) is 0 Å². The van der Waals surface area contributed by atoms with Crippen LogP contribution in [-0.2, 0) is 11.3 Å². The summed E-state index contributed by atoms with van der Waals surface area (Å²) in [5.74, 6) is 0.864. The van der Waals surface area contributed by atoms with Gasteiger partial charge in [-0.25, -0.2) is 0 Å². The molecule has 0 amide bonds. The van der Waals surface area contributed by atoms with Crippen molar-refractivity contribution in [1.82, 2.24) is 4.90 Å². The lowest BCUT2D eigenvalue weighted by Gasteiger charge is -2.27. The molecule has 0 radical (unpaired) electrons. The molecule has 0 spiro atoms. The van der Waals surface area contributed by atoms with Crippen LogP contribution in [0.25, 0.3) is 0 Å². The molecule has 1 aliphatic rings. The Morgan fingerprint density at radius 3 is 2.85 bits per heavy atom. The summed E-state index contributed by atoms with van der Waals surface area (Å²) in [5.41, 5.74) is 7.68. The van der Waals surface area contributed by atoms with Crippen LogP contribution in [-0.4, -0.2) is 42.8 Å². The van der Waals surface area contributed by atoms with Gasteiger partial charge in [-0.1, -0.05) is 12.2 Å². The highest BCUT2D eigenvalue weighted by atomic mass is 32.1. The summed E-state index contributed by atoms with van der Waals surface area (Å²) in [6.45, 7) is 3.75. The molecule has 0 aliphatic carbocycles. The Bertz CT molecular complexity index is 493. The minimum absolute atomic E-state index is 0.268. The maximum atomic E-state index is 5.71. The topological polar surface area (TPSA) is 47.7 Å². The SMILES string of the molecule is COc1ccc(C(N)=S)cc1CN(C)C1CCOC1C. The molecule has 1 saturated heterocycles. The van der Waals surface area contributed by atoms with E-state index in [1.807, 2.05) is 18.2 Å². The average Bonchev–Trinajstić information content (AvgIpc) is 2.84. The third-order valence-electron chi connectivity index (χ3n) is 3.89. The van der Waals surface area contributed by atoms with E-state index in [1.54, 1.807) is 7.11 Å². The Kier molecular flexibility index (Phi) is 4.96. The molecular formula is C15H22N2O2S. The van der Waals surface area contributed by atoms with Gasteiger partial charge in [0.15, 0.2) is 0 Å². The van der Waals surface area contributed by atoms with E-state index in [9.17, 15) is 0 Å². The van der Waals surface area contributed by atoms with Gasteiger partial charge < -0.3 is 15.2 Å². The Hall–Kier alpha value is -1.17. The monoisotopic (exact) mass is 294 g/mol. The second kappa shape index (κ2) is 6.52. The zero-order valence-corrected chi connectivity index (χ0v) is 13.1. The molecule has 0 bridgehead atoms. The fourth-order valence-corrected chi connectivity index (χ4v) is 2.87. The van der Waals surface area contributed by atoms with Crippen molar-refractivity contribution in [3.63, 3.8) is 0 Å². The molecule has 1 heterocycles. The van der Waals surface area contributed by atoms with E-state index in [4.69, 9.17) is 27.4 Å². The van der Waals surface area contributed by atoms with Gasteiger partial charge >= 0.3 is 0 Å². The molecule has 5 heteroatoms. The predicted molar refractivity (Wildman–Crippen MR) is 84.2 cm³/mol. The lowest BCUT2D eigenvalue weighted by molar-refractivity contribution is 0.0811. The van der Waals surface area contributed by atoms with E-state index in [0.29, 0.717) is 11.0 Å². The quantitative estimate of drug-likeness (QED) is 0.841. The molecular weight excluding hydrogens is 272 g/mol. The molecule has 2 unspecified atom stereocenters. The molecule has 0 saturated carbocycles. The molecule has 2 N–H and O–H groups in total. The van der Waals surface area contributed by atoms with Gasteiger partial charge in [0.1, 0.15) is 10.7 Å². The van der Waals surface area contributed by atoms with Gasteiger partial charge in [-0.2, -0.15) is 0 Å². The van der Waals surface area contributed by atoms with Gasteiger partial charge in [-0.15, -0.1) is 0 Å². The standard InChI is InChI=1S/C15H22N2O2S/c1-10-13(6-7-19-10)17(2)9-12-8-11(15(16)20)4-5-14(12)18-3/h4-5,8,10,13H,6-7,9H2,1-3H3,(H2,16,20). The second-order valence-corrected chi connectivity index (χ2v) is 5.68. The van der Waals surface area contributed by atoms with Crippen molar-refractivity contribution >= 4 is 17.2 Å². The Balaban J connectivity index is 2.18. The summed E-state index contributed by atoms with van der Waals surface area (Å²) < 4.78 is 11.1. The summed E-state index contributed by atoms with van der Waals surface area (Å²) in [6, 6.07) is 6.27. The van der Waals surface area contributed by atoms with Crippen molar-refractivity contribution < 1.29 is 9.47 Å². The van der Waals surface area contributed by atoms with Gasteiger partial charge in [0, 0.05) is 30.3 Å². The summed E-state index contributed by atoms with van der Waals surface area (Å²) in [6.07, 6.45) is 1.33. The number of nitrogens with two attached hydrogens (primary N) is 1. The third kappa shape index (κ3) is 3.29. The number of methoxy groups -OCH3 is 1. The Morgan fingerprint density at radius 2 is 2.30 bits per heavy atom. The van der Waals surface area contributed by atoms with E-state index in [1.165, 1.54) is 0 Å². The average molecular weight is 294 g/mol. The van der Waals surface area contributed by atoms with E-state index in [0.717, 1.165) is 36.4 Å². The number of thiocarbonyl (C=S) groups is 1. The van der Waals surface area contributed by atoms with Crippen LogP contribution in [0.15, 0.2) is 18.2 Å². The van der Waals surface area contributed by atoms with Crippen LogP contribution in [0, 0.1) is 0 Å². The molecule has 20 heavy (non-hydrogen) atoms. The van der Waals surface area contributed by atoms with Crippen LogP contribution >= 0.6 is 12.2 Å². The first-order valence-electron chi connectivity index (χ1n) is 6.81. The molecule has 4 nitrogen and oxygen atoms in total. The van der Waals surface area contributed by atoms with Crippen molar-refractivity contribution in [3.8, 4) is 5.75 Å². The van der Waals surface area contributed by atoms with Crippen molar-refractivity contribution in [2.45, 2.75) is 32.0 Å². The number of rotatable bonds is 5. The highest BCUT2D eigenvalue weighted by Gasteiger charge is 2.28. The van der Waals surface area contributed by atoms with E-state index >= 15 is 0 Å². The van der Waals surface area contributed by atoms with Gasteiger partial charge in [0.25, 0.3) is 0 Å². The highest BCUT2D eigenvalue weighted by Crippen LogP contribution is 2.25. The van der Waals surface area contributed by atoms with Crippen LogP contribution in [0.3, 0.4) is 0 Å². The summed E-state index contributed by atoms with van der Waals surface area (Å²) in [7, 11) is 3.79. The number of ether oxygens (including phenoxy) is 2.